The maximum atomic E-state index is 11.1. The predicted molar refractivity (Wildman–Crippen MR) is 134 cm³/mol. The SMILES string of the molecule is O=[N+]([O-])c1ccc(C[P+](c2ccccc2)(c2ccccc2)c2ccccc2)cc1.[F][Sb-]([F])([F])([F])([F])[F]. The molecular formula is C25H21F6NO2PSb. The summed E-state index contributed by atoms with van der Waals surface area (Å²) < 4.78 is 59.6. The Balaban J connectivity index is 0.000000454. The molecule has 36 heavy (non-hydrogen) atoms. The van der Waals surface area contributed by atoms with Crippen molar-refractivity contribution in [2.45, 2.75) is 6.16 Å². The number of rotatable bonds is 6. The second-order valence-electron chi connectivity index (χ2n) is 7.86. The van der Waals surface area contributed by atoms with Crippen LogP contribution in [-0.2, 0) is 6.16 Å². The summed E-state index contributed by atoms with van der Waals surface area (Å²) >= 11 is -11.2. The van der Waals surface area contributed by atoms with Crippen LogP contribution in [0.2, 0.25) is 0 Å². The van der Waals surface area contributed by atoms with Gasteiger partial charge >= 0.3 is 36.4 Å². The third-order valence-corrected chi connectivity index (χ3v) is 9.54. The van der Waals surface area contributed by atoms with Crippen molar-refractivity contribution in [2.24, 2.45) is 0 Å². The summed E-state index contributed by atoms with van der Waals surface area (Å²) in [7, 11) is -1.98. The van der Waals surface area contributed by atoms with E-state index in [-0.39, 0.29) is 10.6 Å². The second kappa shape index (κ2) is 9.87. The van der Waals surface area contributed by atoms with Gasteiger partial charge in [0.05, 0.1) is 11.1 Å². The first-order valence-corrected chi connectivity index (χ1v) is 18.3. The van der Waals surface area contributed by atoms with Gasteiger partial charge in [0.2, 0.25) is 0 Å². The molecule has 0 N–H and O–H groups in total. The number of hydrogen-bond donors (Lipinski definition) is 0. The zero-order chi connectivity index (χ0) is 26.5. The molecule has 0 saturated heterocycles. The first kappa shape index (κ1) is 27.7. The third-order valence-electron chi connectivity index (χ3n) is 5.16. The summed E-state index contributed by atoms with van der Waals surface area (Å²) in [4.78, 5) is 10.7. The number of non-ortho nitro benzene ring substituents is 1. The number of nitrogens with zero attached hydrogens (tertiary/aromatic N) is 1. The molecule has 0 aromatic heterocycles. The fourth-order valence-corrected chi connectivity index (χ4v) is 8.01. The van der Waals surface area contributed by atoms with Crippen molar-refractivity contribution >= 4 is 48.3 Å². The van der Waals surface area contributed by atoms with Gasteiger partial charge < -0.3 is 0 Å². The summed E-state index contributed by atoms with van der Waals surface area (Å²) in [5.41, 5.74) is 1.22. The molecule has 0 saturated carbocycles. The zero-order valence-corrected chi connectivity index (χ0v) is 22.0. The van der Waals surface area contributed by atoms with Gasteiger partial charge in [-0.3, -0.25) is 10.1 Å². The Morgan fingerprint density at radius 2 is 0.889 bits per heavy atom. The Morgan fingerprint density at radius 3 is 1.17 bits per heavy atom. The van der Waals surface area contributed by atoms with Crippen molar-refractivity contribution in [3.05, 3.63) is 131 Å². The van der Waals surface area contributed by atoms with E-state index >= 15 is 0 Å². The molecule has 0 aliphatic rings. The van der Waals surface area contributed by atoms with E-state index in [2.05, 4.69) is 72.8 Å². The number of halogens is 6. The van der Waals surface area contributed by atoms with Crippen LogP contribution in [0.3, 0.4) is 0 Å². The molecular weight excluding hydrogens is 613 g/mol. The molecule has 190 valence electrons. The number of nitro benzene ring substituents is 1. The van der Waals surface area contributed by atoms with Crippen molar-refractivity contribution in [1.82, 2.24) is 0 Å². The average molecular weight is 634 g/mol. The Labute approximate surface area is 206 Å². The molecule has 0 atom stereocenters. The summed E-state index contributed by atoms with van der Waals surface area (Å²) in [6.45, 7) is 0. The molecule has 0 amide bonds. The summed E-state index contributed by atoms with van der Waals surface area (Å²) in [6, 6.07) is 38.9. The average Bonchev–Trinajstić information content (AvgIpc) is 2.82. The minimum atomic E-state index is -11.2. The van der Waals surface area contributed by atoms with Crippen LogP contribution in [-0.4, -0.2) is 24.4 Å². The Kier molecular flexibility index (Phi) is 7.59. The first-order valence-electron chi connectivity index (χ1n) is 10.5. The fourth-order valence-electron chi connectivity index (χ4n) is 3.77. The van der Waals surface area contributed by atoms with E-state index in [4.69, 9.17) is 0 Å². The quantitative estimate of drug-likeness (QED) is 0.0739. The molecule has 0 radical (unpaired) electrons. The van der Waals surface area contributed by atoms with E-state index < -0.39 is 26.7 Å². The first-order chi connectivity index (χ1) is 16.6. The molecule has 4 rings (SSSR count). The van der Waals surface area contributed by atoms with E-state index in [1.165, 1.54) is 15.9 Å². The van der Waals surface area contributed by atoms with E-state index in [9.17, 15) is 27.0 Å². The molecule has 0 aliphatic carbocycles. The van der Waals surface area contributed by atoms with Crippen LogP contribution in [0.25, 0.3) is 0 Å². The van der Waals surface area contributed by atoms with Crippen LogP contribution < -0.4 is 15.9 Å². The maximum absolute atomic E-state index is 11.2. The topological polar surface area (TPSA) is 43.1 Å². The number of nitro groups is 1. The monoisotopic (exact) mass is 633 g/mol. The van der Waals surface area contributed by atoms with E-state index in [1.54, 1.807) is 12.1 Å². The zero-order valence-electron chi connectivity index (χ0n) is 18.6. The number of benzene rings is 4. The summed E-state index contributed by atoms with van der Waals surface area (Å²) in [5.74, 6) is 0. The van der Waals surface area contributed by atoms with Crippen LogP contribution in [0.1, 0.15) is 5.56 Å². The van der Waals surface area contributed by atoms with Gasteiger partial charge in [-0.05, 0) is 54.1 Å². The molecule has 0 spiro atoms. The van der Waals surface area contributed by atoms with Gasteiger partial charge in [-0.25, -0.2) is 0 Å². The van der Waals surface area contributed by atoms with Crippen LogP contribution in [0.4, 0.5) is 22.6 Å². The van der Waals surface area contributed by atoms with E-state index in [0.29, 0.717) is 0 Å². The van der Waals surface area contributed by atoms with Gasteiger partial charge in [-0.15, -0.1) is 0 Å². The molecule has 0 bridgehead atoms. The molecule has 4 aromatic rings. The van der Waals surface area contributed by atoms with Gasteiger partial charge in [0, 0.05) is 12.1 Å². The van der Waals surface area contributed by atoms with E-state index in [1.807, 2.05) is 30.3 Å². The van der Waals surface area contributed by atoms with Gasteiger partial charge in [0.1, 0.15) is 23.2 Å². The second-order valence-corrected chi connectivity index (χ2v) is 16.8. The molecule has 0 aliphatic heterocycles. The number of hydrogen-bond acceptors (Lipinski definition) is 2. The van der Waals surface area contributed by atoms with Gasteiger partial charge in [-0.1, -0.05) is 54.6 Å². The van der Waals surface area contributed by atoms with Crippen LogP contribution >= 0.6 is 7.26 Å². The van der Waals surface area contributed by atoms with Crippen molar-refractivity contribution in [3.8, 4) is 0 Å². The third kappa shape index (κ3) is 8.35. The predicted octanol–water partition coefficient (Wildman–Crippen LogP) is 7.23. The normalized spacial score (nSPS) is 13.5. The fraction of sp³-hybridized carbons (Fsp3) is 0.0400. The standard InChI is InChI=1S/C25H21NO2P.6FH.Sb/c27-26(28)22-18-16-21(17-19-22)20-29(23-10-4-1-5-11-23,24-12-6-2-7-13-24)25-14-8-3-9-15-25;;;;;;;/h1-19H,20H2;6*1H;/q+1;;;;;;;+5/p-6. The van der Waals surface area contributed by atoms with Crippen LogP contribution in [0, 0.1) is 10.1 Å². The molecule has 0 heterocycles. The van der Waals surface area contributed by atoms with Crippen LogP contribution in [0.5, 0.6) is 0 Å². The molecule has 11 heteroatoms. The Bertz CT molecular complexity index is 1200. The molecule has 3 nitrogen and oxygen atoms in total. The van der Waals surface area contributed by atoms with Crippen molar-refractivity contribution in [3.63, 3.8) is 0 Å². The Hall–Kier alpha value is -2.89. The van der Waals surface area contributed by atoms with Crippen molar-refractivity contribution < 1.29 is 21.8 Å². The molecule has 0 unspecified atom stereocenters. The summed E-state index contributed by atoms with van der Waals surface area (Å²) in [6.07, 6.45) is 0.809. The molecule has 0 fully saturated rings. The summed E-state index contributed by atoms with van der Waals surface area (Å²) in [5, 5.41) is 15.0. The van der Waals surface area contributed by atoms with Gasteiger partial charge in [-0.2, -0.15) is 0 Å². The Morgan fingerprint density at radius 1 is 0.583 bits per heavy atom. The van der Waals surface area contributed by atoms with E-state index in [0.717, 1.165) is 11.7 Å². The minimum absolute atomic E-state index is 0.122. The van der Waals surface area contributed by atoms with Gasteiger partial charge in [0.15, 0.2) is 0 Å². The van der Waals surface area contributed by atoms with Crippen molar-refractivity contribution in [1.29, 1.82) is 0 Å². The van der Waals surface area contributed by atoms with Gasteiger partial charge in [0.25, 0.3) is 5.69 Å². The van der Waals surface area contributed by atoms with Crippen molar-refractivity contribution in [2.75, 3.05) is 0 Å². The molecule has 4 aromatic carbocycles. The van der Waals surface area contributed by atoms with Crippen LogP contribution in [0.15, 0.2) is 115 Å².